The summed E-state index contributed by atoms with van der Waals surface area (Å²) in [6.07, 6.45) is 0.789. The standard InChI is InChI=1S/C16H17ClF3N3O2S/c1-10-15(9-23(21-10)12-4-2-3-5-12)26(24,25)22-14-8-11(16(18,19)20)6-7-13(14)17/h6-9,12,22H,2-5H2,1H3. The number of aryl methyl sites for hydroxylation is 1. The summed E-state index contributed by atoms with van der Waals surface area (Å²) >= 11 is 5.87. The van der Waals surface area contributed by atoms with Crippen LogP contribution in [0, 0.1) is 6.92 Å². The number of rotatable bonds is 4. The van der Waals surface area contributed by atoms with Crippen molar-refractivity contribution in [3.63, 3.8) is 0 Å². The number of anilines is 1. The summed E-state index contributed by atoms with van der Waals surface area (Å²) < 4.78 is 67.7. The first-order valence-electron chi connectivity index (χ1n) is 8.03. The monoisotopic (exact) mass is 407 g/mol. The molecule has 0 bridgehead atoms. The second-order valence-electron chi connectivity index (χ2n) is 6.29. The molecular formula is C16H17ClF3N3O2S. The molecule has 0 radical (unpaired) electrons. The van der Waals surface area contributed by atoms with Crippen molar-refractivity contribution in [1.29, 1.82) is 0 Å². The van der Waals surface area contributed by atoms with Gasteiger partial charge in [0, 0.05) is 6.20 Å². The van der Waals surface area contributed by atoms with Gasteiger partial charge in [-0.25, -0.2) is 8.42 Å². The Morgan fingerprint density at radius 1 is 1.27 bits per heavy atom. The minimum Gasteiger partial charge on any atom is -0.278 e. The molecule has 142 valence electrons. The SMILES string of the molecule is Cc1nn(C2CCCC2)cc1S(=O)(=O)Nc1cc(C(F)(F)F)ccc1Cl. The largest absolute Gasteiger partial charge is 0.416 e. The number of nitrogens with zero attached hydrogens (tertiary/aromatic N) is 2. The average Bonchev–Trinajstić information content (AvgIpc) is 3.17. The molecule has 1 fully saturated rings. The molecule has 0 spiro atoms. The van der Waals surface area contributed by atoms with E-state index in [1.165, 1.54) is 6.20 Å². The molecule has 0 amide bonds. The van der Waals surface area contributed by atoms with Crippen LogP contribution in [0.15, 0.2) is 29.3 Å². The van der Waals surface area contributed by atoms with E-state index in [1.807, 2.05) is 0 Å². The van der Waals surface area contributed by atoms with Gasteiger partial charge in [-0.3, -0.25) is 9.40 Å². The van der Waals surface area contributed by atoms with Gasteiger partial charge < -0.3 is 0 Å². The highest BCUT2D eigenvalue weighted by Crippen LogP contribution is 2.35. The van der Waals surface area contributed by atoms with Gasteiger partial charge in [-0.05, 0) is 38.0 Å². The molecule has 1 aromatic heterocycles. The molecular weight excluding hydrogens is 391 g/mol. The number of alkyl halides is 3. The number of benzene rings is 1. The maximum Gasteiger partial charge on any atom is 0.416 e. The van der Waals surface area contributed by atoms with Gasteiger partial charge in [0.25, 0.3) is 10.0 Å². The van der Waals surface area contributed by atoms with Crippen LogP contribution in [0.3, 0.4) is 0 Å². The number of hydrogen-bond donors (Lipinski definition) is 1. The van der Waals surface area contributed by atoms with Gasteiger partial charge in [0.15, 0.2) is 0 Å². The van der Waals surface area contributed by atoms with Crippen LogP contribution in [-0.2, 0) is 16.2 Å². The molecule has 10 heteroatoms. The first-order chi connectivity index (χ1) is 12.1. The Kier molecular flexibility index (Phi) is 4.96. The third-order valence-electron chi connectivity index (χ3n) is 4.40. The molecule has 0 atom stereocenters. The van der Waals surface area contributed by atoms with Crippen LogP contribution in [0.2, 0.25) is 5.02 Å². The van der Waals surface area contributed by atoms with Gasteiger partial charge in [-0.15, -0.1) is 0 Å². The van der Waals surface area contributed by atoms with Crippen molar-refractivity contribution in [3.05, 3.63) is 40.7 Å². The predicted octanol–water partition coefficient (Wildman–Crippen LogP) is 4.78. The number of hydrogen-bond acceptors (Lipinski definition) is 3. The van der Waals surface area contributed by atoms with Gasteiger partial charge in [0.2, 0.25) is 0 Å². The molecule has 1 aliphatic rings. The van der Waals surface area contributed by atoms with Gasteiger partial charge in [0.05, 0.1) is 28.0 Å². The summed E-state index contributed by atoms with van der Waals surface area (Å²) in [5.41, 5.74) is -1.03. The van der Waals surface area contributed by atoms with Gasteiger partial charge in [-0.1, -0.05) is 24.4 Å². The highest BCUT2D eigenvalue weighted by Gasteiger charge is 2.32. The van der Waals surface area contributed by atoms with E-state index in [-0.39, 0.29) is 27.3 Å². The van der Waals surface area contributed by atoms with Crippen molar-refractivity contribution in [2.45, 2.75) is 49.7 Å². The topological polar surface area (TPSA) is 64.0 Å². The van der Waals surface area contributed by atoms with Gasteiger partial charge in [0.1, 0.15) is 4.90 Å². The van der Waals surface area contributed by atoms with E-state index in [0.717, 1.165) is 37.8 Å². The molecule has 1 aliphatic carbocycles. The number of sulfonamides is 1. The number of halogens is 4. The van der Waals surface area contributed by atoms with E-state index in [9.17, 15) is 21.6 Å². The van der Waals surface area contributed by atoms with E-state index in [2.05, 4.69) is 9.82 Å². The van der Waals surface area contributed by atoms with E-state index in [0.29, 0.717) is 6.07 Å². The van der Waals surface area contributed by atoms with Crippen LogP contribution in [0.5, 0.6) is 0 Å². The van der Waals surface area contributed by atoms with Crippen LogP contribution < -0.4 is 4.72 Å². The van der Waals surface area contributed by atoms with Crippen molar-refractivity contribution < 1.29 is 21.6 Å². The Hall–Kier alpha value is -1.74. The van der Waals surface area contributed by atoms with Crippen LogP contribution in [0.25, 0.3) is 0 Å². The highest BCUT2D eigenvalue weighted by molar-refractivity contribution is 7.92. The molecule has 26 heavy (non-hydrogen) atoms. The minimum absolute atomic E-state index is 0.0714. The summed E-state index contributed by atoms with van der Waals surface area (Å²) in [5, 5.41) is 4.14. The summed E-state index contributed by atoms with van der Waals surface area (Å²) in [6, 6.07) is 2.63. The van der Waals surface area contributed by atoms with Crippen molar-refractivity contribution in [2.24, 2.45) is 0 Å². The lowest BCUT2D eigenvalue weighted by molar-refractivity contribution is -0.137. The lowest BCUT2D eigenvalue weighted by Crippen LogP contribution is -2.15. The summed E-state index contributed by atoms with van der Waals surface area (Å²) in [6.45, 7) is 1.55. The van der Waals surface area contributed by atoms with Crippen molar-refractivity contribution >= 4 is 27.3 Å². The molecule has 2 aromatic rings. The second kappa shape index (κ2) is 6.77. The molecule has 1 aromatic carbocycles. The predicted molar refractivity (Wildman–Crippen MR) is 91.7 cm³/mol. The smallest absolute Gasteiger partial charge is 0.278 e. The zero-order valence-corrected chi connectivity index (χ0v) is 15.4. The fraction of sp³-hybridized carbons (Fsp3) is 0.438. The summed E-state index contributed by atoms with van der Waals surface area (Å²) in [5.74, 6) is 0. The maximum atomic E-state index is 12.9. The van der Waals surface area contributed by atoms with E-state index in [4.69, 9.17) is 11.6 Å². The fourth-order valence-corrected chi connectivity index (χ4v) is 4.53. The molecule has 1 heterocycles. The quantitative estimate of drug-likeness (QED) is 0.793. The van der Waals surface area contributed by atoms with Gasteiger partial charge >= 0.3 is 6.18 Å². The zero-order chi connectivity index (χ0) is 19.1. The van der Waals surface area contributed by atoms with Crippen LogP contribution >= 0.6 is 11.6 Å². The Balaban J connectivity index is 1.92. The van der Waals surface area contributed by atoms with Crippen LogP contribution in [0.1, 0.15) is 43.0 Å². The molecule has 1 N–H and O–H groups in total. The first-order valence-corrected chi connectivity index (χ1v) is 9.89. The highest BCUT2D eigenvalue weighted by atomic mass is 35.5. The van der Waals surface area contributed by atoms with Crippen LogP contribution in [-0.4, -0.2) is 18.2 Å². The Bertz CT molecular complexity index is 919. The number of aromatic nitrogens is 2. The second-order valence-corrected chi connectivity index (χ2v) is 8.35. The Morgan fingerprint density at radius 3 is 2.54 bits per heavy atom. The molecule has 3 rings (SSSR count). The van der Waals surface area contributed by atoms with Gasteiger partial charge in [-0.2, -0.15) is 18.3 Å². The molecule has 0 aliphatic heterocycles. The maximum absolute atomic E-state index is 12.9. The Labute approximate surface area is 154 Å². The average molecular weight is 408 g/mol. The summed E-state index contributed by atoms with van der Waals surface area (Å²) in [7, 11) is -4.12. The lowest BCUT2D eigenvalue weighted by atomic mass is 10.2. The van der Waals surface area contributed by atoms with Crippen molar-refractivity contribution in [3.8, 4) is 0 Å². The molecule has 0 saturated heterocycles. The van der Waals surface area contributed by atoms with Crippen LogP contribution in [0.4, 0.5) is 18.9 Å². The lowest BCUT2D eigenvalue weighted by Gasteiger charge is -2.12. The Morgan fingerprint density at radius 2 is 1.92 bits per heavy atom. The third-order valence-corrected chi connectivity index (χ3v) is 6.20. The normalized spacial score (nSPS) is 16.2. The van der Waals surface area contributed by atoms with E-state index < -0.39 is 21.8 Å². The molecule has 5 nitrogen and oxygen atoms in total. The minimum atomic E-state index is -4.60. The third kappa shape index (κ3) is 3.83. The van der Waals surface area contributed by atoms with E-state index >= 15 is 0 Å². The number of nitrogens with one attached hydrogen (secondary N) is 1. The van der Waals surface area contributed by atoms with E-state index in [1.54, 1.807) is 11.6 Å². The molecule has 0 unspecified atom stereocenters. The first kappa shape index (κ1) is 19.0. The van der Waals surface area contributed by atoms with Crippen molar-refractivity contribution in [1.82, 2.24) is 9.78 Å². The zero-order valence-electron chi connectivity index (χ0n) is 13.8. The molecule has 1 saturated carbocycles. The fourth-order valence-electron chi connectivity index (χ4n) is 3.06. The summed E-state index contributed by atoms with van der Waals surface area (Å²) in [4.78, 5) is -0.0714. The van der Waals surface area contributed by atoms with Crippen molar-refractivity contribution in [2.75, 3.05) is 4.72 Å².